The van der Waals surface area contributed by atoms with Gasteiger partial charge in [-0.2, -0.15) is 0 Å². The Balaban J connectivity index is 1.99. The van der Waals surface area contributed by atoms with Gasteiger partial charge in [0.05, 0.1) is 25.4 Å². The van der Waals surface area contributed by atoms with Gasteiger partial charge in [0.1, 0.15) is 0 Å². The number of nitrogens with one attached hydrogen (secondary N) is 1. The number of hydrogen-bond donors (Lipinski definition) is 1. The van der Waals surface area contributed by atoms with Crippen LogP contribution in [0.2, 0.25) is 0 Å². The Labute approximate surface area is 87.2 Å². The van der Waals surface area contributed by atoms with Crippen LogP contribution in [0.1, 0.15) is 33.1 Å². The molecule has 0 aromatic heterocycles. The predicted molar refractivity (Wildman–Crippen MR) is 57.5 cm³/mol. The lowest BCUT2D eigenvalue weighted by atomic mass is 10.2. The van der Waals surface area contributed by atoms with Gasteiger partial charge >= 0.3 is 0 Å². The molecule has 0 aliphatic carbocycles. The van der Waals surface area contributed by atoms with Crippen LogP contribution in [0, 0.1) is 0 Å². The first-order chi connectivity index (χ1) is 6.79. The van der Waals surface area contributed by atoms with Crippen molar-refractivity contribution in [3.05, 3.63) is 0 Å². The molecule has 1 heterocycles. The molecule has 14 heavy (non-hydrogen) atoms. The molecule has 1 fully saturated rings. The van der Waals surface area contributed by atoms with E-state index in [1.54, 1.807) is 0 Å². The number of ether oxygens (including phenoxy) is 2. The first-order valence-electron chi connectivity index (χ1n) is 5.73. The largest absolute Gasteiger partial charge is 0.376 e. The second-order valence-corrected chi connectivity index (χ2v) is 4.09. The maximum Gasteiger partial charge on any atom is 0.0704 e. The van der Waals surface area contributed by atoms with Gasteiger partial charge in [-0.25, -0.2) is 0 Å². The zero-order valence-electron chi connectivity index (χ0n) is 9.42. The topological polar surface area (TPSA) is 30.5 Å². The van der Waals surface area contributed by atoms with Gasteiger partial charge in [-0.15, -0.1) is 0 Å². The fourth-order valence-electron chi connectivity index (χ4n) is 1.65. The Hall–Kier alpha value is -0.120. The SMILES string of the molecule is CC(C)OCCOC1CCCNCC1. The summed E-state index contributed by atoms with van der Waals surface area (Å²) in [6.07, 6.45) is 4.32. The number of hydrogen-bond acceptors (Lipinski definition) is 3. The van der Waals surface area contributed by atoms with Crippen LogP contribution >= 0.6 is 0 Å². The Bertz CT molecular complexity index is 131. The zero-order chi connectivity index (χ0) is 10.2. The van der Waals surface area contributed by atoms with Gasteiger partial charge < -0.3 is 14.8 Å². The molecule has 1 rings (SSSR count). The van der Waals surface area contributed by atoms with Crippen LogP contribution in [-0.2, 0) is 9.47 Å². The standard InChI is InChI=1S/C11H23NO2/c1-10(2)13-8-9-14-11-4-3-6-12-7-5-11/h10-12H,3-9H2,1-2H3. The molecular weight excluding hydrogens is 178 g/mol. The second-order valence-electron chi connectivity index (χ2n) is 4.09. The van der Waals surface area contributed by atoms with Gasteiger partial charge in [-0.05, 0) is 46.2 Å². The van der Waals surface area contributed by atoms with Gasteiger partial charge in [-0.1, -0.05) is 0 Å². The highest BCUT2D eigenvalue weighted by Crippen LogP contribution is 2.09. The number of rotatable bonds is 5. The lowest BCUT2D eigenvalue weighted by Gasteiger charge is -2.15. The van der Waals surface area contributed by atoms with Crippen LogP contribution in [0.3, 0.4) is 0 Å². The first kappa shape index (κ1) is 12.0. The van der Waals surface area contributed by atoms with E-state index >= 15 is 0 Å². The van der Waals surface area contributed by atoms with Gasteiger partial charge in [0, 0.05) is 0 Å². The quantitative estimate of drug-likeness (QED) is 0.685. The van der Waals surface area contributed by atoms with Crippen molar-refractivity contribution >= 4 is 0 Å². The molecule has 0 radical (unpaired) electrons. The van der Waals surface area contributed by atoms with Crippen molar-refractivity contribution in [3.8, 4) is 0 Å². The summed E-state index contributed by atoms with van der Waals surface area (Å²) in [6, 6.07) is 0. The molecule has 1 aliphatic heterocycles. The molecule has 1 N–H and O–H groups in total. The van der Waals surface area contributed by atoms with E-state index in [2.05, 4.69) is 19.2 Å². The van der Waals surface area contributed by atoms with Crippen LogP contribution in [-0.4, -0.2) is 38.5 Å². The van der Waals surface area contributed by atoms with Gasteiger partial charge in [0.25, 0.3) is 0 Å². The van der Waals surface area contributed by atoms with E-state index in [1.165, 1.54) is 12.8 Å². The zero-order valence-corrected chi connectivity index (χ0v) is 9.42. The van der Waals surface area contributed by atoms with Crippen LogP contribution < -0.4 is 5.32 Å². The van der Waals surface area contributed by atoms with E-state index < -0.39 is 0 Å². The molecule has 0 amide bonds. The summed E-state index contributed by atoms with van der Waals surface area (Å²) < 4.78 is 11.2. The van der Waals surface area contributed by atoms with Gasteiger partial charge in [-0.3, -0.25) is 0 Å². The molecule has 0 saturated carbocycles. The minimum Gasteiger partial charge on any atom is -0.376 e. The average molecular weight is 201 g/mol. The molecule has 1 unspecified atom stereocenters. The molecule has 3 heteroatoms. The third-order valence-electron chi connectivity index (χ3n) is 2.41. The summed E-state index contributed by atoms with van der Waals surface area (Å²) in [5, 5.41) is 3.37. The normalized spacial score (nSPS) is 23.8. The maximum atomic E-state index is 5.75. The molecular formula is C11H23NO2. The molecule has 1 aliphatic rings. The lowest BCUT2D eigenvalue weighted by Crippen LogP contribution is -2.19. The molecule has 1 saturated heterocycles. The fourth-order valence-corrected chi connectivity index (χ4v) is 1.65. The van der Waals surface area contributed by atoms with Crippen molar-refractivity contribution in [2.24, 2.45) is 0 Å². The summed E-state index contributed by atoms with van der Waals surface area (Å²) in [4.78, 5) is 0. The second kappa shape index (κ2) is 7.21. The summed E-state index contributed by atoms with van der Waals surface area (Å²) in [5.74, 6) is 0. The first-order valence-corrected chi connectivity index (χ1v) is 5.73. The van der Waals surface area contributed by atoms with Gasteiger partial charge in [0.2, 0.25) is 0 Å². The van der Waals surface area contributed by atoms with E-state index in [-0.39, 0.29) is 0 Å². The van der Waals surface area contributed by atoms with Crippen molar-refractivity contribution in [1.29, 1.82) is 0 Å². The van der Waals surface area contributed by atoms with Crippen LogP contribution in [0.15, 0.2) is 0 Å². The summed E-state index contributed by atoms with van der Waals surface area (Å²) in [5.41, 5.74) is 0. The lowest BCUT2D eigenvalue weighted by molar-refractivity contribution is -0.0159. The minimum absolute atomic E-state index is 0.314. The highest BCUT2D eigenvalue weighted by atomic mass is 16.5. The molecule has 1 atom stereocenters. The van der Waals surface area contributed by atoms with Crippen molar-refractivity contribution < 1.29 is 9.47 Å². The fraction of sp³-hybridized carbons (Fsp3) is 1.00. The third kappa shape index (κ3) is 5.58. The molecule has 0 bridgehead atoms. The van der Waals surface area contributed by atoms with Crippen LogP contribution in [0.4, 0.5) is 0 Å². The van der Waals surface area contributed by atoms with E-state index in [0.717, 1.165) is 32.7 Å². The molecule has 3 nitrogen and oxygen atoms in total. The Morgan fingerprint density at radius 2 is 2.07 bits per heavy atom. The van der Waals surface area contributed by atoms with Crippen molar-refractivity contribution in [1.82, 2.24) is 5.32 Å². The van der Waals surface area contributed by atoms with Gasteiger partial charge in [0.15, 0.2) is 0 Å². The summed E-state index contributed by atoms with van der Waals surface area (Å²) in [6.45, 7) is 7.80. The minimum atomic E-state index is 0.314. The van der Waals surface area contributed by atoms with Crippen LogP contribution in [0.25, 0.3) is 0 Å². The summed E-state index contributed by atoms with van der Waals surface area (Å²) >= 11 is 0. The molecule has 0 aromatic carbocycles. The smallest absolute Gasteiger partial charge is 0.0704 e. The van der Waals surface area contributed by atoms with Crippen LogP contribution in [0.5, 0.6) is 0 Å². The monoisotopic (exact) mass is 201 g/mol. The Kier molecular flexibility index (Phi) is 6.15. The Morgan fingerprint density at radius 1 is 1.21 bits per heavy atom. The molecule has 0 spiro atoms. The van der Waals surface area contributed by atoms with E-state index in [9.17, 15) is 0 Å². The summed E-state index contributed by atoms with van der Waals surface area (Å²) in [7, 11) is 0. The molecule has 0 aromatic rings. The Morgan fingerprint density at radius 3 is 2.86 bits per heavy atom. The average Bonchev–Trinajstić information content (AvgIpc) is 2.40. The maximum absolute atomic E-state index is 5.75. The van der Waals surface area contributed by atoms with E-state index in [4.69, 9.17) is 9.47 Å². The van der Waals surface area contributed by atoms with E-state index in [1.807, 2.05) is 0 Å². The van der Waals surface area contributed by atoms with Crippen molar-refractivity contribution in [2.75, 3.05) is 26.3 Å². The van der Waals surface area contributed by atoms with E-state index in [0.29, 0.717) is 12.2 Å². The van der Waals surface area contributed by atoms with Crippen molar-refractivity contribution in [3.63, 3.8) is 0 Å². The van der Waals surface area contributed by atoms with Crippen molar-refractivity contribution in [2.45, 2.75) is 45.3 Å². The highest BCUT2D eigenvalue weighted by molar-refractivity contribution is 4.66. The highest BCUT2D eigenvalue weighted by Gasteiger charge is 2.11. The predicted octanol–water partition coefficient (Wildman–Crippen LogP) is 1.57. The molecule has 84 valence electrons. The third-order valence-corrected chi connectivity index (χ3v) is 2.41.